The summed E-state index contributed by atoms with van der Waals surface area (Å²) in [6, 6.07) is 0. The third-order valence-corrected chi connectivity index (χ3v) is 4.05. The summed E-state index contributed by atoms with van der Waals surface area (Å²) >= 11 is 0. The molecule has 3 unspecified atom stereocenters. The van der Waals surface area contributed by atoms with Gasteiger partial charge in [0.15, 0.2) is 0 Å². The van der Waals surface area contributed by atoms with Gasteiger partial charge in [-0.25, -0.2) is 9.68 Å². The standard InChI is InChI=1S/C17H31NO5/c1-7-14(23-21-8-2)22-13-9-16(3,4)11-17(5,10-13)12-18-15(19)20-6/h7,13-14H,1,8-12H2,2-6H3,(H,18,19). The lowest BCUT2D eigenvalue weighted by molar-refractivity contribution is -0.371. The van der Waals surface area contributed by atoms with E-state index in [9.17, 15) is 4.79 Å². The van der Waals surface area contributed by atoms with Crippen LogP contribution < -0.4 is 5.32 Å². The number of amides is 1. The van der Waals surface area contributed by atoms with Gasteiger partial charge in [0.25, 0.3) is 0 Å². The second-order valence-electron chi connectivity index (χ2n) is 7.27. The lowest BCUT2D eigenvalue weighted by Gasteiger charge is -2.46. The van der Waals surface area contributed by atoms with Crippen molar-refractivity contribution in [1.29, 1.82) is 0 Å². The maximum atomic E-state index is 11.4. The predicted molar refractivity (Wildman–Crippen MR) is 87.7 cm³/mol. The van der Waals surface area contributed by atoms with E-state index in [1.165, 1.54) is 7.11 Å². The molecule has 0 aromatic carbocycles. The second kappa shape index (κ2) is 8.66. The molecular weight excluding hydrogens is 298 g/mol. The fraction of sp³-hybridized carbons (Fsp3) is 0.824. The molecule has 0 aromatic heterocycles. The van der Waals surface area contributed by atoms with E-state index in [2.05, 4.69) is 37.4 Å². The van der Waals surface area contributed by atoms with Crippen LogP contribution in [0.1, 0.15) is 47.0 Å². The smallest absolute Gasteiger partial charge is 0.406 e. The number of hydrogen-bond donors (Lipinski definition) is 1. The van der Waals surface area contributed by atoms with E-state index < -0.39 is 12.4 Å². The van der Waals surface area contributed by atoms with Gasteiger partial charge in [-0.2, -0.15) is 4.89 Å². The molecule has 3 atom stereocenters. The van der Waals surface area contributed by atoms with E-state index in [1.54, 1.807) is 6.08 Å². The van der Waals surface area contributed by atoms with Crippen LogP contribution >= 0.6 is 0 Å². The fourth-order valence-corrected chi connectivity index (χ4v) is 3.57. The summed E-state index contributed by atoms with van der Waals surface area (Å²) < 4.78 is 10.7. The predicted octanol–water partition coefficient (Wildman–Crippen LogP) is 3.42. The van der Waals surface area contributed by atoms with E-state index in [0.717, 1.165) is 19.3 Å². The van der Waals surface area contributed by atoms with Crippen LogP contribution in [0.5, 0.6) is 0 Å². The van der Waals surface area contributed by atoms with E-state index >= 15 is 0 Å². The summed E-state index contributed by atoms with van der Waals surface area (Å²) in [5.41, 5.74) is 0.0325. The zero-order chi connectivity index (χ0) is 17.5. The number of carbonyl (C=O) groups is 1. The Morgan fingerprint density at radius 2 is 2.09 bits per heavy atom. The molecule has 0 aromatic rings. The zero-order valence-electron chi connectivity index (χ0n) is 15.0. The highest BCUT2D eigenvalue weighted by Crippen LogP contribution is 2.47. The Morgan fingerprint density at radius 1 is 1.39 bits per heavy atom. The van der Waals surface area contributed by atoms with Crippen LogP contribution in [0.25, 0.3) is 0 Å². The molecular formula is C17H31NO5. The SMILES string of the molecule is C=CC(OOCC)OC1CC(C)(C)CC(C)(CNC(=O)OC)C1. The average molecular weight is 329 g/mol. The van der Waals surface area contributed by atoms with Gasteiger partial charge >= 0.3 is 6.09 Å². The molecule has 0 spiro atoms. The first-order chi connectivity index (χ1) is 10.7. The summed E-state index contributed by atoms with van der Waals surface area (Å²) in [5.74, 6) is 0. The Morgan fingerprint density at radius 3 is 2.65 bits per heavy atom. The molecule has 1 aliphatic carbocycles. The molecule has 0 bridgehead atoms. The third kappa shape index (κ3) is 6.89. The van der Waals surface area contributed by atoms with Crippen molar-refractivity contribution in [2.24, 2.45) is 10.8 Å². The minimum Gasteiger partial charge on any atom is -0.453 e. The Balaban J connectivity index is 2.69. The van der Waals surface area contributed by atoms with Gasteiger partial charge in [0.1, 0.15) is 0 Å². The van der Waals surface area contributed by atoms with E-state index in [0.29, 0.717) is 13.2 Å². The lowest BCUT2D eigenvalue weighted by Crippen LogP contribution is -2.46. The van der Waals surface area contributed by atoms with Crippen LogP contribution in [0.15, 0.2) is 12.7 Å². The van der Waals surface area contributed by atoms with Crippen molar-refractivity contribution in [1.82, 2.24) is 5.32 Å². The first kappa shape index (κ1) is 19.9. The molecule has 1 fully saturated rings. The topological polar surface area (TPSA) is 66.0 Å². The van der Waals surface area contributed by atoms with Crippen LogP contribution in [0, 0.1) is 10.8 Å². The molecule has 1 saturated carbocycles. The lowest BCUT2D eigenvalue weighted by atomic mass is 9.63. The first-order valence-corrected chi connectivity index (χ1v) is 8.12. The third-order valence-electron chi connectivity index (χ3n) is 4.05. The number of rotatable bonds is 8. The maximum absolute atomic E-state index is 11.4. The van der Waals surface area contributed by atoms with Gasteiger partial charge in [0.2, 0.25) is 6.29 Å². The van der Waals surface area contributed by atoms with Crippen molar-refractivity contribution >= 4 is 6.09 Å². The largest absolute Gasteiger partial charge is 0.453 e. The molecule has 134 valence electrons. The summed E-state index contributed by atoms with van der Waals surface area (Å²) in [7, 11) is 1.37. The van der Waals surface area contributed by atoms with Gasteiger partial charge in [0, 0.05) is 6.54 Å². The van der Waals surface area contributed by atoms with Gasteiger partial charge in [-0.3, -0.25) is 0 Å². The van der Waals surface area contributed by atoms with Gasteiger partial charge < -0.3 is 14.8 Å². The number of methoxy groups -OCH3 is 1. The quantitative estimate of drug-likeness (QED) is 0.320. The minimum atomic E-state index is -0.591. The molecule has 1 aliphatic rings. The van der Waals surface area contributed by atoms with Crippen LogP contribution in [0.2, 0.25) is 0 Å². The molecule has 6 nitrogen and oxygen atoms in total. The van der Waals surface area contributed by atoms with Crippen molar-refractivity contribution in [2.75, 3.05) is 20.3 Å². The summed E-state index contributed by atoms with van der Waals surface area (Å²) in [6.07, 6.45) is 3.32. The van der Waals surface area contributed by atoms with Crippen LogP contribution in [0.3, 0.4) is 0 Å². The zero-order valence-corrected chi connectivity index (χ0v) is 15.0. The van der Waals surface area contributed by atoms with E-state index in [1.807, 2.05) is 6.92 Å². The summed E-state index contributed by atoms with van der Waals surface area (Å²) in [6.45, 7) is 13.2. The number of alkyl carbamates (subject to hydrolysis) is 1. The van der Waals surface area contributed by atoms with Crippen LogP contribution in [0.4, 0.5) is 4.79 Å². The normalized spacial score (nSPS) is 28.0. The number of carbonyl (C=O) groups excluding carboxylic acids is 1. The molecule has 1 rings (SSSR count). The van der Waals surface area contributed by atoms with Crippen LogP contribution in [-0.2, 0) is 19.2 Å². The molecule has 23 heavy (non-hydrogen) atoms. The highest BCUT2D eigenvalue weighted by Gasteiger charge is 2.42. The average Bonchev–Trinajstić information content (AvgIpc) is 2.47. The fourth-order valence-electron chi connectivity index (χ4n) is 3.57. The highest BCUT2D eigenvalue weighted by atomic mass is 17.2. The number of nitrogens with one attached hydrogen (secondary N) is 1. The van der Waals surface area contributed by atoms with Gasteiger partial charge in [0.05, 0.1) is 19.8 Å². The van der Waals surface area contributed by atoms with Gasteiger partial charge in [-0.15, -0.1) is 0 Å². The minimum absolute atomic E-state index is 0.00616. The Labute approximate surface area is 139 Å². The monoisotopic (exact) mass is 329 g/mol. The van der Waals surface area contributed by atoms with Crippen molar-refractivity contribution in [3.63, 3.8) is 0 Å². The highest BCUT2D eigenvalue weighted by molar-refractivity contribution is 5.66. The van der Waals surface area contributed by atoms with Gasteiger partial charge in [-0.05, 0) is 43.1 Å². The number of hydrogen-bond acceptors (Lipinski definition) is 5. The number of ether oxygens (including phenoxy) is 2. The molecule has 0 saturated heterocycles. The molecule has 0 heterocycles. The van der Waals surface area contributed by atoms with Crippen LogP contribution in [-0.4, -0.2) is 38.7 Å². The summed E-state index contributed by atoms with van der Waals surface area (Å²) in [4.78, 5) is 21.5. The van der Waals surface area contributed by atoms with E-state index in [-0.39, 0.29) is 16.9 Å². The molecule has 0 aliphatic heterocycles. The van der Waals surface area contributed by atoms with Crippen molar-refractivity contribution in [2.45, 2.75) is 59.4 Å². The van der Waals surface area contributed by atoms with Crippen molar-refractivity contribution in [3.8, 4) is 0 Å². The first-order valence-electron chi connectivity index (χ1n) is 8.12. The second-order valence-corrected chi connectivity index (χ2v) is 7.27. The van der Waals surface area contributed by atoms with Crippen molar-refractivity contribution < 1.29 is 24.0 Å². The Hall–Kier alpha value is -1.11. The Bertz CT molecular complexity index is 398. The molecule has 1 N–H and O–H groups in total. The van der Waals surface area contributed by atoms with E-state index in [4.69, 9.17) is 14.5 Å². The van der Waals surface area contributed by atoms with Gasteiger partial charge in [-0.1, -0.05) is 27.4 Å². The maximum Gasteiger partial charge on any atom is 0.406 e. The summed E-state index contributed by atoms with van der Waals surface area (Å²) in [5, 5.41) is 2.81. The Kier molecular flexibility index (Phi) is 7.51. The van der Waals surface area contributed by atoms with Crippen molar-refractivity contribution in [3.05, 3.63) is 12.7 Å². The molecule has 1 amide bonds. The molecule has 6 heteroatoms. The molecule has 0 radical (unpaired) electrons.